The fraction of sp³-hybridized carbons (Fsp3) is 0.0189. The molecule has 0 radical (unpaired) electrons. The van der Waals surface area contributed by atoms with Gasteiger partial charge in [0.1, 0.15) is 5.75 Å². The van der Waals surface area contributed by atoms with Crippen LogP contribution in [0.4, 0.5) is 17.1 Å². The molecule has 1 heterocycles. The summed E-state index contributed by atoms with van der Waals surface area (Å²) in [5, 5.41) is 2.21. The van der Waals surface area contributed by atoms with Gasteiger partial charge in [0.25, 0.3) is 0 Å². The lowest BCUT2D eigenvalue weighted by atomic mass is 9.82. The second kappa shape index (κ2) is 16.8. The van der Waals surface area contributed by atoms with Crippen molar-refractivity contribution < 1.29 is 14.3 Å². The van der Waals surface area contributed by atoms with E-state index in [0.29, 0.717) is 0 Å². The summed E-state index contributed by atoms with van der Waals surface area (Å²) in [4.78, 5) is 21.9. The lowest BCUT2D eigenvalue weighted by Crippen LogP contribution is -2.34. The number of fused-ring (bicyclic) bond motifs is 3. The smallest absolute Gasteiger partial charge is 0.373 e. The first kappa shape index (κ1) is 36.9. The van der Waals surface area contributed by atoms with Crippen LogP contribution in [0.3, 0.4) is 0 Å². The van der Waals surface area contributed by atoms with Gasteiger partial charge in [-0.2, -0.15) is 9.59 Å². The molecular weight excluding hydrogens is 713 g/mol. The Bertz CT molecular complexity index is 2760. The van der Waals surface area contributed by atoms with Crippen LogP contribution in [0.15, 0.2) is 206 Å². The molecule has 5 heteroatoms. The Labute approximate surface area is 337 Å². The molecule has 0 bridgehead atoms. The average molecular weight is 749 g/mol. The molecule has 8 aromatic carbocycles. The first-order chi connectivity index (χ1) is 28.6. The van der Waals surface area contributed by atoms with Gasteiger partial charge in [0.05, 0.1) is 6.57 Å². The van der Waals surface area contributed by atoms with Gasteiger partial charge in [-0.1, -0.05) is 164 Å². The third-order valence-corrected chi connectivity index (χ3v) is 10.4. The minimum Gasteiger partial charge on any atom is -0.472 e. The highest BCUT2D eigenvalue weighted by atomic mass is 16.5. The summed E-state index contributed by atoms with van der Waals surface area (Å²) in [5.74, 6) is 0.869. The van der Waals surface area contributed by atoms with Crippen molar-refractivity contribution in [2.75, 3.05) is 4.90 Å². The molecule has 276 valence electrons. The van der Waals surface area contributed by atoms with Crippen LogP contribution in [0.25, 0.3) is 50.0 Å². The van der Waals surface area contributed by atoms with Gasteiger partial charge in [-0.15, -0.1) is 0 Å². The van der Waals surface area contributed by atoms with E-state index in [9.17, 15) is 0 Å². The summed E-state index contributed by atoms with van der Waals surface area (Å²) in [7, 11) is 0. The third-order valence-electron chi connectivity index (χ3n) is 10.4. The van der Waals surface area contributed by atoms with Crippen molar-refractivity contribution in [2.45, 2.75) is 5.60 Å². The standard InChI is InChI=1S/C52H36N2O.CO2/c1-53-36-34-38-21-23-39(24-22-38)40-25-29-44(30-26-40)52(43-13-5-2-6-14-43)35-33-42-37-50(48-19-11-12-20-49(48)51(42)55-52)41-27-31-47(32-28-41)54(45-15-7-3-8-16-45)46-17-9-4-10-18-46;2-1-3/h2-37H;/b36-34-;. The summed E-state index contributed by atoms with van der Waals surface area (Å²) in [5.41, 5.74) is 11.2. The summed E-state index contributed by atoms with van der Waals surface area (Å²) < 4.78 is 7.32. The summed E-state index contributed by atoms with van der Waals surface area (Å²) in [6.45, 7) is 7.02. The number of ether oxygens (including phenoxy) is 1. The van der Waals surface area contributed by atoms with Crippen LogP contribution < -0.4 is 9.64 Å². The number of anilines is 3. The molecule has 0 amide bonds. The normalized spacial score (nSPS) is 14.0. The molecule has 0 fully saturated rings. The van der Waals surface area contributed by atoms with E-state index in [0.717, 1.165) is 78.1 Å². The van der Waals surface area contributed by atoms with Crippen molar-refractivity contribution in [3.05, 3.63) is 240 Å². The Hall–Kier alpha value is -8.03. The van der Waals surface area contributed by atoms with Gasteiger partial charge in [0.2, 0.25) is 0 Å². The largest absolute Gasteiger partial charge is 0.472 e. The molecule has 0 spiro atoms. The lowest BCUT2D eigenvalue weighted by Gasteiger charge is -2.37. The van der Waals surface area contributed by atoms with E-state index in [4.69, 9.17) is 20.9 Å². The molecule has 1 aliphatic rings. The highest BCUT2D eigenvalue weighted by molar-refractivity contribution is 6.03. The molecule has 9 rings (SSSR count). The first-order valence-electron chi connectivity index (χ1n) is 18.9. The molecule has 0 saturated carbocycles. The van der Waals surface area contributed by atoms with Crippen LogP contribution in [-0.4, -0.2) is 6.15 Å². The van der Waals surface area contributed by atoms with Crippen LogP contribution in [0.2, 0.25) is 0 Å². The highest BCUT2D eigenvalue weighted by Gasteiger charge is 2.38. The molecule has 0 N–H and O–H groups in total. The number of hydrogen-bond donors (Lipinski definition) is 0. The molecule has 5 nitrogen and oxygen atoms in total. The molecular formula is C53H36N2O3. The van der Waals surface area contributed by atoms with E-state index in [-0.39, 0.29) is 6.15 Å². The van der Waals surface area contributed by atoms with Crippen molar-refractivity contribution >= 4 is 46.1 Å². The Morgan fingerprint density at radius 2 is 1.03 bits per heavy atom. The molecule has 8 aromatic rings. The van der Waals surface area contributed by atoms with Crippen LogP contribution in [0, 0.1) is 6.57 Å². The van der Waals surface area contributed by atoms with Crippen molar-refractivity contribution in [1.29, 1.82) is 0 Å². The molecule has 1 aliphatic heterocycles. The summed E-state index contributed by atoms with van der Waals surface area (Å²) in [6.07, 6.45) is 7.99. The van der Waals surface area contributed by atoms with E-state index in [2.05, 4.69) is 198 Å². The molecule has 0 aliphatic carbocycles. The number of nitrogens with zero attached hydrogens (tertiary/aromatic N) is 2. The minimum absolute atomic E-state index is 0.250. The molecule has 1 unspecified atom stereocenters. The minimum atomic E-state index is -0.828. The number of benzene rings is 8. The summed E-state index contributed by atoms with van der Waals surface area (Å²) in [6, 6.07) is 68.1. The second-order valence-electron chi connectivity index (χ2n) is 13.7. The fourth-order valence-electron chi connectivity index (χ4n) is 7.62. The van der Waals surface area contributed by atoms with Gasteiger partial charge in [0.15, 0.2) is 11.8 Å². The monoisotopic (exact) mass is 748 g/mol. The third kappa shape index (κ3) is 7.35. The maximum Gasteiger partial charge on any atom is 0.373 e. The molecule has 58 heavy (non-hydrogen) atoms. The molecule has 0 aromatic heterocycles. The van der Waals surface area contributed by atoms with Gasteiger partial charge in [0, 0.05) is 39.1 Å². The van der Waals surface area contributed by atoms with Gasteiger partial charge >= 0.3 is 6.15 Å². The lowest BCUT2D eigenvalue weighted by molar-refractivity contribution is -0.191. The average Bonchev–Trinajstić information content (AvgIpc) is 3.30. The van der Waals surface area contributed by atoms with E-state index >= 15 is 0 Å². The number of para-hydroxylation sites is 2. The highest BCUT2D eigenvalue weighted by Crippen LogP contribution is 2.48. The number of rotatable bonds is 8. The first-order valence-corrected chi connectivity index (χ1v) is 18.9. The Morgan fingerprint density at radius 1 is 0.552 bits per heavy atom. The van der Waals surface area contributed by atoms with Gasteiger partial charge in [-0.25, -0.2) is 4.85 Å². The van der Waals surface area contributed by atoms with E-state index in [1.54, 1.807) is 0 Å². The molecule has 0 saturated heterocycles. The van der Waals surface area contributed by atoms with E-state index in [1.165, 1.54) is 6.20 Å². The van der Waals surface area contributed by atoms with Gasteiger partial charge < -0.3 is 9.64 Å². The Kier molecular flexibility index (Phi) is 10.7. The number of hydrogen-bond acceptors (Lipinski definition) is 4. The van der Waals surface area contributed by atoms with Crippen molar-refractivity contribution in [2.24, 2.45) is 0 Å². The van der Waals surface area contributed by atoms with E-state index < -0.39 is 5.60 Å². The fourth-order valence-corrected chi connectivity index (χ4v) is 7.62. The Balaban J connectivity index is 0.00000152. The van der Waals surface area contributed by atoms with Crippen LogP contribution >= 0.6 is 0 Å². The zero-order valence-electron chi connectivity index (χ0n) is 31.4. The quantitative estimate of drug-likeness (QED) is 0.145. The van der Waals surface area contributed by atoms with Crippen LogP contribution in [0.5, 0.6) is 5.75 Å². The van der Waals surface area contributed by atoms with Crippen molar-refractivity contribution in [1.82, 2.24) is 0 Å². The van der Waals surface area contributed by atoms with Crippen LogP contribution in [-0.2, 0) is 15.2 Å². The topological polar surface area (TPSA) is 51.0 Å². The predicted molar refractivity (Wildman–Crippen MR) is 233 cm³/mol. The van der Waals surface area contributed by atoms with Gasteiger partial charge in [-0.3, -0.25) is 0 Å². The van der Waals surface area contributed by atoms with Crippen LogP contribution in [0.1, 0.15) is 22.3 Å². The zero-order chi connectivity index (χ0) is 39.7. The Morgan fingerprint density at radius 3 is 1.62 bits per heavy atom. The SMILES string of the molecule is O=C=O.[C-]#[N+]/C=C\c1ccc(-c2ccc(C3(c4ccccc4)C=Cc4cc(-c5ccc(N(c6ccccc6)c6ccccc6)cc5)c5ccccc5c4O3)cc2)cc1. The maximum atomic E-state index is 8.12. The molecule has 1 atom stereocenters. The summed E-state index contributed by atoms with van der Waals surface area (Å²) >= 11 is 0. The number of carbonyl (C=O) groups excluding carboxylic acids is 2. The zero-order valence-corrected chi connectivity index (χ0v) is 31.4. The van der Waals surface area contributed by atoms with Crippen molar-refractivity contribution in [3.63, 3.8) is 0 Å². The van der Waals surface area contributed by atoms with Crippen molar-refractivity contribution in [3.8, 4) is 28.0 Å². The maximum absolute atomic E-state index is 8.12. The predicted octanol–water partition coefficient (Wildman–Crippen LogP) is 13.3. The second-order valence-corrected chi connectivity index (χ2v) is 13.7. The van der Waals surface area contributed by atoms with E-state index in [1.807, 2.05) is 24.3 Å². The van der Waals surface area contributed by atoms with Gasteiger partial charge in [-0.05, 0) is 81.7 Å².